The normalized spacial score (nSPS) is 52.8. The van der Waals surface area contributed by atoms with Crippen molar-refractivity contribution < 1.29 is 14.9 Å². The van der Waals surface area contributed by atoms with E-state index in [4.69, 9.17) is 9.78 Å². The molecule has 0 aromatic carbocycles. The monoisotopic (exact) mass is 428 g/mol. The zero-order valence-corrected chi connectivity index (χ0v) is 20.6. The Labute approximate surface area is 189 Å². The Morgan fingerprint density at radius 1 is 0.903 bits per heavy atom. The molecule has 2 unspecified atom stereocenters. The second-order valence-corrected chi connectivity index (χ2v) is 12.7. The molecule has 3 nitrogen and oxygen atoms in total. The van der Waals surface area contributed by atoms with Crippen molar-refractivity contribution in [2.45, 2.75) is 104 Å². The van der Waals surface area contributed by atoms with Crippen LogP contribution in [0, 0.1) is 46.3 Å². The molecule has 0 amide bonds. The van der Waals surface area contributed by atoms with Crippen molar-refractivity contribution >= 4 is 0 Å². The molecule has 2 heterocycles. The molecule has 10 atom stereocenters. The molecular weight excluding hydrogens is 384 g/mol. The van der Waals surface area contributed by atoms with Crippen molar-refractivity contribution in [2.24, 2.45) is 46.3 Å². The maximum absolute atomic E-state index is 10.4. The molecule has 2 spiro atoms. The van der Waals surface area contributed by atoms with Gasteiger partial charge in [-0.3, -0.25) is 0 Å². The zero-order chi connectivity index (χ0) is 22.2. The van der Waals surface area contributed by atoms with Gasteiger partial charge in [-0.1, -0.05) is 59.8 Å². The maximum Gasteiger partial charge on any atom is 0.130 e. The van der Waals surface area contributed by atoms with Crippen LogP contribution >= 0.6 is 0 Å². The van der Waals surface area contributed by atoms with Crippen molar-refractivity contribution in [3.8, 4) is 0 Å². The van der Waals surface area contributed by atoms with Crippen LogP contribution in [0.25, 0.3) is 0 Å². The van der Waals surface area contributed by atoms with Crippen LogP contribution in [0.1, 0.15) is 86.5 Å². The molecule has 0 aromatic rings. The van der Waals surface area contributed by atoms with E-state index in [9.17, 15) is 5.11 Å². The molecule has 3 saturated carbocycles. The Balaban J connectivity index is 1.45. The van der Waals surface area contributed by atoms with Crippen molar-refractivity contribution in [1.29, 1.82) is 0 Å². The summed E-state index contributed by atoms with van der Waals surface area (Å²) in [5, 5.41) is 10.4. The van der Waals surface area contributed by atoms with Gasteiger partial charge in [0.2, 0.25) is 0 Å². The molecule has 0 aromatic heterocycles. The first-order valence-corrected chi connectivity index (χ1v) is 13.0. The van der Waals surface area contributed by atoms with Crippen LogP contribution in [0.2, 0.25) is 0 Å². The van der Waals surface area contributed by atoms with Gasteiger partial charge in [0, 0.05) is 23.7 Å². The number of hydrogen-bond donors (Lipinski definition) is 1. The first-order valence-electron chi connectivity index (χ1n) is 13.0. The molecule has 31 heavy (non-hydrogen) atoms. The molecule has 2 bridgehead atoms. The third kappa shape index (κ3) is 2.88. The second-order valence-electron chi connectivity index (χ2n) is 12.7. The Morgan fingerprint density at radius 2 is 1.68 bits per heavy atom. The third-order valence-electron chi connectivity index (χ3n) is 11.1. The SMILES string of the molecule is CC(C)[C@@H](C)C=C[C@@H](C)[C@H]1CC[C@H]2C34C=CC5(C[C@@H](O)CC[C@]5(C)[C@H]3CC[C@]12C)OO4. The Hall–Kier alpha value is -0.640. The molecule has 1 saturated heterocycles. The van der Waals surface area contributed by atoms with E-state index in [-0.39, 0.29) is 22.5 Å². The summed E-state index contributed by atoms with van der Waals surface area (Å²) in [6.45, 7) is 14.4. The maximum atomic E-state index is 10.4. The van der Waals surface area contributed by atoms with Crippen LogP contribution in [0.15, 0.2) is 24.3 Å². The van der Waals surface area contributed by atoms with Gasteiger partial charge in [-0.2, -0.15) is 0 Å². The standard InChI is InChI=1S/C28H44O3/c1-18(2)19(3)7-8-20(4)22-9-10-23-25(22,5)13-12-24-26(6)14-11-21(29)17-27(26)15-16-28(23,24)31-30-27/h7-8,15-16,18-24,29H,9-14,17H2,1-6H3/t19-,20+,21-,22+,23+,24+,25+,26+,27?,28?/m0/s1. The number of hydrogen-bond acceptors (Lipinski definition) is 3. The topological polar surface area (TPSA) is 38.7 Å². The molecule has 6 rings (SSSR count). The lowest BCUT2D eigenvalue weighted by atomic mass is 9.43. The molecule has 1 N–H and O–H groups in total. The van der Waals surface area contributed by atoms with Crippen LogP contribution in [0.4, 0.5) is 0 Å². The van der Waals surface area contributed by atoms with Gasteiger partial charge in [0.15, 0.2) is 0 Å². The van der Waals surface area contributed by atoms with E-state index < -0.39 is 5.60 Å². The van der Waals surface area contributed by atoms with Gasteiger partial charge in [0.25, 0.3) is 0 Å². The number of aliphatic hydroxyl groups excluding tert-OH is 1. The molecule has 3 heteroatoms. The number of fused-ring (bicyclic) bond motifs is 2. The summed E-state index contributed by atoms with van der Waals surface area (Å²) in [5.41, 5.74) is -0.366. The average Bonchev–Trinajstić information content (AvgIpc) is 3.09. The van der Waals surface area contributed by atoms with E-state index >= 15 is 0 Å². The van der Waals surface area contributed by atoms with Gasteiger partial charge in [-0.05, 0) is 73.7 Å². The summed E-state index contributed by atoms with van der Waals surface area (Å²) >= 11 is 0. The van der Waals surface area contributed by atoms with Gasteiger partial charge in [0.05, 0.1) is 6.10 Å². The van der Waals surface area contributed by atoms with Crippen molar-refractivity contribution in [2.75, 3.05) is 0 Å². The van der Waals surface area contributed by atoms with E-state index in [0.717, 1.165) is 12.8 Å². The predicted octanol–water partition coefficient (Wildman–Crippen LogP) is 6.47. The molecule has 2 aliphatic heterocycles. The van der Waals surface area contributed by atoms with Crippen LogP contribution in [0.5, 0.6) is 0 Å². The molecular formula is C28H44O3. The second kappa shape index (κ2) is 7.18. The Morgan fingerprint density at radius 3 is 2.35 bits per heavy atom. The lowest BCUT2D eigenvalue weighted by molar-refractivity contribution is -0.497. The highest BCUT2D eigenvalue weighted by atomic mass is 17.2. The number of allylic oxidation sites excluding steroid dienone is 2. The minimum absolute atomic E-state index is 0.0663. The fourth-order valence-electron chi connectivity index (χ4n) is 8.71. The van der Waals surface area contributed by atoms with Gasteiger partial charge in [0.1, 0.15) is 11.2 Å². The Bertz CT molecular complexity index is 772. The fraction of sp³-hybridized carbons (Fsp3) is 0.857. The molecule has 6 aliphatic rings. The number of rotatable bonds is 4. The summed E-state index contributed by atoms with van der Waals surface area (Å²) in [5.74, 6) is 3.64. The quantitative estimate of drug-likeness (QED) is 0.412. The highest BCUT2D eigenvalue weighted by Gasteiger charge is 2.74. The zero-order valence-electron chi connectivity index (χ0n) is 20.6. The first-order chi connectivity index (χ1) is 14.6. The van der Waals surface area contributed by atoms with E-state index in [0.29, 0.717) is 41.9 Å². The first kappa shape index (κ1) is 22.2. The van der Waals surface area contributed by atoms with Crippen LogP contribution < -0.4 is 0 Å². The van der Waals surface area contributed by atoms with Gasteiger partial charge in [-0.15, -0.1) is 0 Å². The minimum atomic E-state index is -0.439. The van der Waals surface area contributed by atoms with Crippen LogP contribution in [-0.4, -0.2) is 22.4 Å². The molecule has 4 fully saturated rings. The van der Waals surface area contributed by atoms with Gasteiger partial charge >= 0.3 is 0 Å². The van der Waals surface area contributed by atoms with Crippen LogP contribution in [-0.2, 0) is 9.78 Å². The van der Waals surface area contributed by atoms with Crippen molar-refractivity contribution in [1.82, 2.24) is 0 Å². The molecule has 4 aliphatic carbocycles. The van der Waals surface area contributed by atoms with Crippen molar-refractivity contribution in [3.63, 3.8) is 0 Å². The summed E-state index contributed by atoms with van der Waals surface area (Å²) in [6.07, 6.45) is 17.0. The van der Waals surface area contributed by atoms with E-state index in [1.54, 1.807) is 0 Å². The Kier molecular flexibility index (Phi) is 5.13. The summed E-state index contributed by atoms with van der Waals surface area (Å²) < 4.78 is 0. The smallest absolute Gasteiger partial charge is 0.130 e. The summed E-state index contributed by atoms with van der Waals surface area (Å²) in [4.78, 5) is 12.8. The largest absolute Gasteiger partial charge is 0.393 e. The number of aliphatic hydroxyl groups is 1. The summed E-state index contributed by atoms with van der Waals surface area (Å²) in [7, 11) is 0. The lowest BCUT2D eigenvalue weighted by Gasteiger charge is -2.69. The molecule has 174 valence electrons. The van der Waals surface area contributed by atoms with E-state index in [1.807, 2.05) is 0 Å². The highest BCUT2D eigenvalue weighted by Crippen LogP contribution is 2.72. The third-order valence-corrected chi connectivity index (χ3v) is 11.1. The van der Waals surface area contributed by atoms with E-state index in [2.05, 4.69) is 65.8 Å². The lowest BCUT2D eigenvalue weighted by Crippen LogP contribution is -2.73. The van der Waals surface area contributed by atoms with Gasteiger partial charge in [-0.25, -0.2) is 9.78 Å². The summed E-state index contributed by atoms with van der Waals surface area (Å²) in [6, 6.07) is 0. The fourth-order valence-corrected chi connectivity index (χ4v) is 8.71. The average molecular weight is 429 g/mol. The van der Waals surface area contributed by atoms with Crippen LogP contribution in [0.3, 0.4) is 0 Å². The van der Waals surface area contributed by atoms with Crippen molar-refractivity contribution in [3.05, 3.63) is 24.3 Å². The predicted molar refractivity (Wildman–Crippen MR) is 124 cm³/mol. The molecule has 0 radical (unpaired) electrons. The minimum Gasteiger partial charge on any atom is -0.393 e. The highest BCUT2D eigenvalue weighted by molar-refractivity contribution is 5.33. The van der Waals surface area contributed by atoms with E-state index in [1.165, 1.54) is 25.7 Å². The van der Waals surface area contributed by atoms with Gasteiger partial charge < -0.3 is 5.11 Å².